The molecule has 2 aliphatic rings. The van der Waals surface area contributed by atoms with Crippen molar-refractivity contribution >= 4 is 11.8 Å². The molecular formula is C24H28N2O4. The quantitative estimate of drug-likeness (QED) is 0.794. The highest BCUT2D eigenvalue weighted by Crippen LogP contribution is 2.45. The van der Waals surface area contributed by atoms with Gasteiger partial charge in [0.2, 0.25) is 5.91 Å². The molecule has 6 heteroatoms. The van der Waals surface area contributed by atoms with Crippen molar-refractivity contribution in [1.29, 1.82) is 0 Å². The Hall–Kier alpha value is -3.02. The number of piperidine rings is 1. The minimum atomic E-state index is -0.258. The van der Waals surface area contributed by atoms with E-state index in [0.29, 0.717) is 30.2 Å². The lowest BCUT2D eigenvalue weighted by atomic mass is 10.0. The van der Waals surface area contributed by atoms with Crippen molar-refractivity contribution in [2.45, 2.75) is 44.2 Å². The summed E-state index contributed by atoms with van der Waals surface area (Å²) in [5.74, 6) is 1.15. The lowest BCUT2D eigenvalue weighted by Gasteiger charge is -2.31. The van der Waals surface area contributed by atoms with Crippen LogP contribution in [-0.4, -0.2) is 43.0 Å². The van der Waals surface area contributed by atoms with Gasteiger partial charge in [0.15, 0.2) is 11.5 Å². The van der Waals surface area contributed by atoms with Crippen LogP contribution in [0.5, 0.6) is 11.5 Å². The van der Waals surface area contributed by atoms with Crippen LogP contribution in [0, 0.1) is 0 Å². The molecule has 0 unspecified atom stereocenters. The first-order valence-electron chi connectivity index (χ1n) is 10.5. The number of nitrogens with zero attached hydrogens (tertiary/aromatic N) is 1. The molecule has 2 aromatic rings. The van der Waals surface area contributed by atoms with E-state index < -0.39 is 0 Å². The molecule has 4 rings (SSSR count). The van der Waals surface area contributed by atoms with Crippen LogP contribution in [0.1, 0.15) is 48.5 Å². The van der Waals surface area contributed by atoms with Crippen molar-refractivity contribution in [2.75, 3.05) is 20.2 Å². The van der Waals surface area contributed by atoms with E-state index in [9.17, 15) is 9.59 Å². The van der Waals surface area contributed by atoms with Gasteiger partial charge < -0.3 is 19.7 Å². The fourth-order valence-corrected chi connectivity index (χ4v) is 4.03. The number of carbonyl (C=O) groups excluding carboxylic acids is 2. The van der Waals surface area contributed by atoms with E-state index in [2.05, 4.69) is 17.4 Å². The first kappa shape index (κ1) is 20.3. The summed E-state index contributed by atoms with van der Waals surface area (Å²) in [5.41, 5.74) is 1.43. The normalized spacial score (nSPS) is 17.9. The maximum Gasteiger partial charge on any atom is 0.252 e. The summed E-state index contributed by atoms with van der Waals surface area (Å²) >= 11 is 0. The van der Waals surface area contributed by atoms with Gasteiger partial charge in [0.05, 0.1) is 12.6 Å². The number of nitrogens with one attached hydrogen (secondary N) is 1. The molecule has 0 atom stereocenters. The summed E-state index contributed by atoms with van der Waals surface area (Å²) in [5, 5.41) is 3.19. The smallest absolute Gasteiger partial charge is 0.252 e. The van der Waals surface area contributed by atoms with Gasteiger partial charge in [-0.25, -0.2) is 0 Å². The Morgan fingerprint density at radius 1 is 1.03 bits per heavy atom. The van der Waals surface area contributed by atoms with Crippen molar-refractivity contribution < 1.29 is 19.1 Å². The van der Waals surface area contributed by atoms with E-state index in [1.807, 2.05) is 23.1 Å². The molecule has 1 aliphatic carbocycles. The zero-order chi connectivity index (χ0) is 21.1. The predicted octanol–water partition coefficient (Wildman–Crippen LogP) is 3.50. The van der Waals surface area contributed by atoms with Crippen molar-refractivity contribution in [2.24, 2.45) is 0 Å². The molecule has 1 N–H and O–H groups in total. The summed E-state index contributed by atoms with van der Waals surface area (Å²) in [7, 11) is 1.58. The van der Waals surface area contributed by atoms with Crippen LogP contribution in [0.3, 0.4) is 0 Å². The summed E-state index contributed by atoms with van der Waals surface area (Å²) in [6.45, 7) is 2.99. The molecule has 1 heterocycles. The van der Waals surface area contributed by atoms with Crippen molar-refractivity contribution in [3.8, 4) is 11.5 Å². The second kappa shape index (κ2) is 8.38. The number of carbonyl (C=O) groups is 2. The maximum absolute atomic E-state index is 12.9. The number of benzene rings is 2. The van der Waals surface area contributed by atoms with Gasteiger partial charge in [0, 0.05) is 38.4 Å². The Morgan fingerprint density at radius 3 is 2.33 bits per heavy atom. The number of amides is 2. The molecule has 2 fully saturated rings. The van der Waals surface area contributed by atoms with Crippen LogP contribution < -0.4 is 14.8 Å². The Balaban J connectivity index is 1.42. The highest BCUT2D eigenvalue weighted by Gasteiger charge is 2.45. The minimum absolute atomic E-state index is 0.0296. The largest absolute Gasteiger partial charge is 0.493 e. The SMILES string of the molecule is COc1cc(C(=O)NC2(c3ccccc3)CC2)ccc1OC1CCN(C(C)=O)CC1. The van der Waals surface area contributed by atoms with Gasteiger partial charge in [-0.05, 0) is 36.6 Å². The number of rotatable bonds is 6. The Kier molecular flexibility index (Phi) is 5.66. The second-order valence-electron chi connectivity index (χ2n) is 8.09. The average Bonchev–Trinajstić information content (AvgIpc) is 3.55. The van der Waals surface area contributed by atoms with Crippen LogP contribution >= 0.6 is 0 Å². The topological polar surface area (TPSA) is 67.9 Å². The van der Waals surface area contributed by atoms with E-state index in [1.165, 1.54) is 0 Å². The van der Waals surface area contributed by atoms with E-state index in [4.69, 9.17) is 9.47 Å². The third kappa shape index (κ3) is 4.27. The first-order valence-corrected chi connectivity index (χ1v) is 10.5. The van der Waals surface area contributed by atoms with Gasteiger partial charge in [0.1, 0.15) is 6.10 Å². The summed E-state index contributed by atoms with van der Waals surface area (Å²) in [4.78, 5) is 26.2. The standard InChI is InChI=1S/C24H28N2O4/c1-17(27)26-14-10-20(11-15-26)30-21-9-8-18(16-22(21)29-2)23(28)25-24(12-13-24)19-6-4-3-5-7-19/h3-9,16,20H,10-15H2,1-2H3,(H,25,28). The van der Waals surface area contributed by atoms with Crippen LogP contribution in [-0.2, 0) is 10.3 Å². The molecule has 1 saturated carbocycles. The molecule has 0 aromatic heterocycles. The van der Waals surface area contributed by atoms with E-state index in [1.54, 1.807) is 32.2 Å². The van der Waals surface area contributed by atoms with Gasteiger partial charge in [-0.15, -0.1) is 0 Å². The molecule has 2 aromatic carbocycles. The highest BCUT2D eigenvalue weighted by atomic mass is 16.5. The van der Waals surface area contributed by atoms with Crippen molar-refractivity contribution in [3.63, 3.8) is 0 Å². The molecule has 0 radical (unpaired) electrons. The minimum Gasteiger partial charge on any atom is -0.493 e. The number of ether oxygens (including phenoxy) is 2. The van der Waals surface area contributed by atoms with Gasteiger partial charge >= 0.3 is 0 Å². The van der Waals surface area contributed by atoms with Gasteiger partial charge in [-0.1, -0.05) is 30.3 Å². The van der Waals surface area contributed by atoms with Crippen molar-refractivity contribution in [1.82, 2.24) is 10.2 Å². The van der Waals surface area contributed by atoms with Crippen LogP contribution in [0.2, 0.25) is 0 Å². The van der Waals surface area contributed by atoms with Gasteiger partial charge in [0.25, 0.3) is 5.91 Å². The van der Waals surface area contributed by atoms with Crippen molar-refractivity contribution in [3.05, 3.63) is 59.7 Å². The average molecular weight is 408 g/mol. The zero-order valence-corrected chi connectivity index (χ0v) is 17.5. The zero-order valence-electron chi connectivity index (χ0n) is 17.5. The molecule has 158 valence electrons. The molecule has 2 amide bonds. The molecule has 6 nitrogen and oxygen atoms in total. The van der Waals surface area contributed by atoms with Crippen LogP contribution in [0.25, 0.3) is 0 Å². The number of methoxy groups -OCH3 is 1. The first-order chi connectivity index (χ1) is 14.5. The van der Waals surface area contributed by atoms with Crippen LogP contribution in [0.15, 0.2) is 48.5 Å². The second-order valence-corrected chi connectivity index (χ2v) is 8.09. The molecule has 1 aliphatic heterocycles. The predicted molar refractivity (Wildman–Crippen MR) is 114 cm³/mol. The Labute approximate surface area is 177 Å². The molecule has 0 bridgehead atoms. The number of hydrogen-bond acceptors (Lipinski definition) is 4. The molecular weight excluding hydrogens is 380 g/mol. The molecule has 1 saturated heterocycles. The maximum atomic E-state index is 12.9. The Morgan fingerprint density at radius 2 is 1.73 bits per heavy atom. The monoisotopic (exact) mass is 408 g/mol. The lowest BCUT2D eigenvalue weighted by Crippen LogP contribution is -2.40. The van der Waals surface area contributed by atoms with Gasteiger partial charge in [-0.2, -0.15) is 0 Å². The third-order valence-corrected chi connectivity index (χ3v) is 6.04. The van der Waals surface area contributed by atoms with E-state index in [0.717, 1.165) is 31.2 Å². The van der Waals surface area contributed by atoms with E-state index >= 15 is 0 Å². The summed E-state index contributed by atoms with van der Waals surface area (Å²) in [6.07, 6.45) is 3.48. The summed E-state index contributed by atoms with van der Waals surface area (Å²) in [6, 6.07) is 15.4. The molecule has 0 spiro atoms. The molecule has 30 heavy (non-hydrogen) atoms. The van der Waals surface area contributed by atoms with Gasteiger partial charge in [-0.3, -0.25) is 9.59 Å². The fraction of sp³-hybridized carbons (Fsp3) is 0.417. The summed E-state index contributed by atoms with van der Waals surface area (Å²) < 4.78 is 11.6. The van der Waals surface area contributed by atoms with E-state index in [-0.39, 0.29) is 23.5 Å². The highest BCUT2D eigenvalue weighted by molar-refractivity contribution is 5.95. The van der Waals surface area contributed by atoms with Crippen LogP contribution in [0.4, 0.5) is 0 Å². The number of likely N-dealkylation sites (tertiary alicyclic amines) is 1. The lowest BCUT2D eigenvalue weighted by molar-refractivity contribution is -0.130. The number of hydrogen-bond donors (Lipinski definition) is 1. The fourth-order valence-electron chi connectivity index (χ4n) is 4.03. The third-order valence-electron chi connectivity index (χ3n) is 6.04. The Bertz CT molecular complexity index is 916.